The van der Waals surface area contributed by atoms with Crippen molar-refractivity contribution in [1.82, 2.24) is 0 Å². The van der Waals surface area contributed by atoms with E-state index in [9.17, 15) is 10.1 Å². The van der Waals surface area contributed by atoms with Crippen molar-refractivity contribution in [3.8, 4) is 0 Å². The van der Waals surface area contributed by atoms with E-state index in [1.54, 1.807) is 6.92 Å². The van der Waals surface area contributed by atoms with Crippen LogP contribution in [0, 0.1) is 10.1 Å². The van der Waals surface area contributed by atoms with E-state index in [1.807, 2.05) is 0 Å². The Hall–Kier alpha value is -0.200. The molecule has 10 heavy (non-hydrogen) atoms. The molecular formula is C4H8BrNO4. The van der Waals surface area contributed by atoms with Gasteiger partial charge in [0.15, 0.2) is 0 Å². The van der Waals surface area contributed by atoms with Gasteiger partial charge in [-0.15, -0.1) is 0 Å². The van der Waals surface area contributed by atoms with Gasteiger partial charge in [0.2, 0.25) is 0 Å². The van der Waals surface area contributed by atoms with Crippen LogP contribution in [0.4, 0.5) is 0 Å². The quantitative estimate of drug-likeness (QED) is 0.301. The second kappa shape index (κ2) is 3.27. The Kier molecular flexibility index (Phi) is 3.20. The van der Waals surface area contributed by atoms with Crippen LogP contribution in [-0.4, -0.2) is 25.9 Å². The minimum absolute atomic E-state index is 0.272. The van der Waals surface area contributed by atoms with Gasteiger partial charge in [-0.05, 0) is 6.42 Å². The first kappa shape index (κ1) is 9.80. The molecule has 0 bridgehead atoms. The lowest BCUT2D eigenvalue weighted by atomic mass is 10.3. The normalized spacial score (nSPS) is 14.8. The van der Waals surface area contributed by atoms with Crippen molar-refractivity contribution >= 4 is 15.9 Å². The molecule has 0 rings (SSSR count). The fraction of sp³-hybridized carbons (Fsp3) is 1.00. The monoisotopic (exact) mass is 213 g/mol. The molecule has 0 aliphatic carbocycles. The van der Waals surface area contributed by atoms with Crippen molar-refractivity contribution in [2.45, 2.75) is 24.1 Å². The standard InChI is InChI=1S/C4H8BrNO4/c1-2-3(5)4(7,8)6(9)10/h3,7-8H,2H2,1H3. The molecule has 0 spiro atoms. The van der Waals surface area contributed by atoms with E-state index in [4.69, 9.17) is 10.2 Å². The van der Waals surface area contributed by atoms with Crippen LogP contribution < -0.4 is 0 Å². The van der Waals surface area contributed by atoms with Gasteiger partial charge < -0.3 is 10.2 Å². The summed E-state index contributed by atoms with van der Waals surface area (Å²) in [4.78, 5) is 7.82. The summed E-state index contributed by atoms with van der Waals surface area (Å²) in [7, 11) is 0. The smallest absolute Gasteiger partial charge is 0.306 e. The molecule has 1 atom stereocenters. The van der Waals surface area contributed by atoms with E-state index in [0.29, 0.717) is 0 Å². The second-order valence-corrected chi connectivity index (χ2v) is 2.93. The third-order valence-electron chi connectivity index (χ3n) is 1.05. The number of halogens is 1. The van der Waals surface area contributed by atoms with Crippen LogP contribution in [0.5, 0.6) is 0 Å². The number of nitrogens with zero attached hydrogens (tertiary/aromatic N) is 1. The van der Waals surface area contributed by atoms with E-state index in [1.165, 1.54) is 0 Å². The van der Waals surface area contributed by atoms with Crippen molar-refractivity contribution < 1.29 is 15.1 Å². The first-order valence-corrected chi connectivity index (χ1v) is 3.57. The lowest BCUT2D eigenvalue weighted by Crippen LogP contribution is -2.45. The predicted octanol–water partition coefficient (Wildman–Crippen LogP) is 0.0750. The summed E-state index contributed by atoms with van der Waals surface area (Å²) in [5.74, 6) is -2.85. The minimum atomic E-state index is -2.85. The Morgan fingerprint density at radius 2 is 2.20 bits per heavy atom. The Morgan fingerprint density at radius 3 is 2.30 bits per heavy atom. The molecule has 2 N–H and O–H groups in total. The summed E-state index contributed by atoms with van der Waals surface area (Å²) in [6.45, 7) is 1.60. The van der Waals surface area contributed by atoms with Crippen molar-refractivity contribution in [3.63, 3.8) is 0 Å². The molecule has 1 unspecified atom stereocenters. The Morgan fingerprint density at radius 1 is 1.80 bits per heavy atom. The van der Waals surface area contributed by atoms with Gasteiger partial charge in [-0.25, -0.2) is 0 Å². The topological polar surface area (TPSA) is 83.6 Å². The molecular weight excluding hydrogens is 206 g/mol. The highest BCUT2D eigenvalue weighted by Crippen LogP contribution is 2.18. The number of nitro groups is 1. The van der Waals surface area contributed by atoms with E-state index < -0.39 is 15.7 Å². The number of rotatable bonds is 3. The van der Waals surface area contributed by atoms with E-state index in [-0.39, 0.29) is 6.42 Å². The molecule has 60 valence electrons. The van der Waals surface area contributed by atoms with E-state index in [2.05, 4.69) is 15.9 Å². The highest BCUT2D eigenvalue weighted by molar-refractivity contribution is 9.09. The fourth-order valence-corrected chi connectivity index (χ4v) is 0.555. The molecule has 0 saturated carbocycles. The highest BCUT2D eigenvalue weighted by Gasteiger charge is 2.44. The second-order valence-electron chi connectivity index (χ2n) is 1.82. The van der Waals surface area contributed by atoms with Crippen LogP contribution in [0.1, 0.15) is 13.3 Å². The first-order chi connectivity index (χ1) is 4.42. The van der Waals surface area contributed by atoms with Gasteiger partial charge in [0.05, 0.1) is 4.92 Å². The summed E-state index contributed by atoms with van der Waals surface area (Å²) in [5.41, 5.74) is 0. The van der Waals surface area contributed by atoms with E-state index in [0.717, 1.165) is 0 Å². The summed E-state index contributed by atoms with van der Waals surface area (Å²) in [6.07, 6.45) is 0.272. The largest absolute Gasteiger partial charge is 0.449 e. The third kappa shape index (κ3) is 1.89. The maximum absolute atomic E-state index is 9.90. The molecule has 0 aromatic carbocycles. The molecule has 0 aliphatic heterocycles. The summed E-state index contributed by atoms with van der Waals surface area (Å²) in [5, 5.41) is 27.2. The Bertz CT molecular complexity index is 137. The summed E-state index contributed by atoms with van der Waals surface area (Å²) >= 11 is 2.76. The third-order valence-corrected chi connectivity index (χ3v) is 2.31. The lowest BCUT2D eigenvalue weighted by molar-refractivity contribution is -0.681. The molecule has 0 saturated heterocycles. The van der Waals surface area contributed by atoms with Crippen molar-refractivity contribution in [3.05, 3.63) is 10.1 Å². The Labute approximate surface area is 65.9 Å². The van der Waals surface area contributed by atoms with Crippen LogP contribution in [0.3, 0.4) is 0 Å². The number of hydrogen-bond donors (Lipinski definition) is 2. The van der Waals surface area contributed by atoms with Crippen LogP contribution in [-0.2, 0) is 0 Å². The fourth-order valence-electron chi connectivity index (χ4n) is 0.388. The van der Waals surface area contributed by atoms with Crippen LogP contribution in [0.2, 0.25) is 0 Å². The van der Waals surface area contributed by atoms with E-state index >= 15 is 0 Å². The molecule has 0 aromatic heterocycles. The van der Waals surface area contributed by atoms with Gasteiger partial charge in [-0.2, -0.15) is 0 Å². The first-order valence-electron chi connectivity index (χ1n) is 2.66. The zero-order chi connectivity index (χ0) is 8.36. The molecule has 0 aromatic rings. The highest BCUT2D eigenvalue weighted by atomic mass is 79.9. The van der Waals surface area contributed by atoms with Crippen molar-refractivity contribution in [1.29, 1.82) is 0 Å². The summed E-state index contributed by atoms with van der Waals surface area (Å²) < 4.78 is 0. The predicted molar refractivity (Wildman–Crippen MR) is 37.2 cm³/mol. The van der Waals surface area contributed by atoms with Crippen LogP contribution in [0.15, 0.2) is 0 Å². The maximum Gasteiger partial charge on any atom is 0.449 e. The Balaban J connectivity index is 4.23. The number of alkyl halides is 1. The van der Waals surface area contributed by atoms with Crippen LogP contribution in [0.25, 0.3) is 0 Å². The average Bonchev–Trinajstić information content (AvgIpc) is 1.86. The molecule has 0 aliphatic rings. The molecule has 0 heterocycles. The minimum Gasteiger partial charge on any atom is -0.306 e. The van der Waals surface area contributed by atoms with Gasteiger partial charge in [-0.1, -0.05) is 22.9 Å². The zero-order valence-electron chi connectivity index (χ0n) is 5.32. The number of aliphatic hydroxyl groups is 2. The van der Waals surface area contributed by atoms with Gasteiger partial charge in [-0.3, -0.25) is 10.1 Å². The van der Waals surface area contributed by atoms with Crippen molar-refractivity contribution in [2.24, 2.45) is 0 Å². The molecule has 0 radical (unpaired) electrons. The molecule has 0 amide bonds. The van der Waals surface area contributed by atoms with Gasteiger partial charge in [0, 0.05) is 0 Å². The number of hydrogen-bond acceptors (Lipinski definition) is 4. The average molecular weight is 214 g/mol. The van der Waals surface area contributed by atoms with Gasteiger partial charge in [0.1, 0.15) is 4.83 Å². The molecule has 5 nitrogen and oxygen atoms in total. The zero-order valence-corrected chi connectivity index (χ0v) is 6.91. The van der Waals surface area contributed by atoms with Crippen LogP contribution >= 0.6 is 15.9 Å². The summed E-state index contributed by atoms with van der Waals surface area (Å²) in [6, 6.07) is 0. The van der Waals surface area contributed by atoms with Gasteiger partial charge >= 0.3 is 5.91 Å². The molecule has 0 fully saturated rings. The van der Waals surface area contributed by atoms with Gasteiger partial charge in [0.25, 0.3) is 0 Å². The SMILES string of the molecule is CCC(Br)C(O)(O)[N+](=O)[O-]. The molecule has 6 heteroatoms. The maximum atomic E-state index is 9.90. The van der Waals surface area contributed by atoms with Crippen molar-refractivity contribution in [2.75, 3.05) is 0 Å². The lowest BCUT2D eigenvalue weighted by Gasteiger charge is -2.15.